The van der Waals surface area contributed by atoms with E-state index in [0.717, 1.165) is 6.04 Å². The molecule has 0 radical (unpaired) electrons. The number of rotatable bonds is 1. The zero-order valence-corrected chi connectivity index (χ0v) is 9.29. The molecule has 1 aliphatic carbocycles. The fourth-order valence-electron chi connectivity index (χ4n) is 2.42. The lowest BCUT2D eigenvalue weighted by Gasteiger charge is -2.17. The van der Waals surface area contributed by atoms with Crippen molar-refractivity contribution >= 4 is 0 Å². The average molecular weight is 192 g/mol. The number of imidazole rings is 1. The van der Waals surface area contributed by atoms with Crippen LogP contribution in [-0.4, -0.2) is 9.55 Å². The Morgan fingerprint density at radius 2 is 1.79 bits per heavy atom. The maximum Gasteiger partial charge on any atom is 0.0954 e. The predicted molar refractivity (Wildman–Crippen MR) is 58.4 cm³/mol. The molecule has 0 saturated heterocycles. The van der Waals surface area contributed by atoms with Gasteiger partial charge in [0.15, 0.2) is 0 Å². The fraction of sp³-hybridized carbons (Fsp3) is 0.750. The van der Waals surface area contributed by atoms with Crippen molar-refractivity contribution in [2.75, 3.05) is 0 Å². The average Bonchev–Trinajstić information content (AvgIpc) is 2.47. The summed E-state index contributed by atoms with van der Waals surface area (Å²) in [5, 5.41) is 0. The number of aromatic nitrogens is 2. The van der Waals surface area contributed by atoms with E-state index in [2.05, 4.69) is 23.4 Å². The molecule has 0 aliphatic heterocycles. The van der Waals surface area contributed by atoms with E-state index < -0.39 is 0 Å². The van der Waals surface area contributed by atoms with Crippen LogP contribution >= 0.6 is 0 Å². The van der Waals surface area contributed by atoms with Crippen LogP contribution in [0.15, 0.2) is 6.33 Å². The van der Waals surface area contributed by atoms with Gasteiger partial charge in [-0.25, -0.2) is 4.98 Å². The minimum Gasteiger partial charge on any atom is -0.332 e. The third-order valence-electron chi connectivity index (χ3n) is 3.50. The SMILES string of the molecule is Cc1ncn(C2CCCCCC2)c1C. The summed E-state index contributed by atoms with van der Waals surface area (Å²) >= 11 is 0. The summed E-state index contributed by atoms with van der Waals surface area (Å²) in [4.78, 5) is 4.38. The van der Waals surface area contributed by atoms with E-state index in [1.807, 2.05) is 6.33 Å². The fourth-order valence-corrected chi connectivity index (χ4v) is 2.42. The highest BCUT2D eigenvalue weighted by Crippen LogP contribution is 2.28. The van der Waals surface area contributed by atoms with E-state index in [0.29, 0.717) is 0 Å². The second-order valence-electron chi connectivity index (χ2n) is 4.47. The molecular formula is C12H20N2. The van der Waals surface area contributed by atoms with Gasteiger partial charge in [-0.05, 0) is 26.7 Å². The van der Waals surface area contributed by atoms with E-state index in [-0.39, 0.29) is 0 Å². The van der Waals surface area contributed by atoms with Crippen LogP contribution in [0.3, 0.4) is 0 Å². The van der Waals surface area contributed by atoms with E-state index >= 15 is 0 Å². The lowest BCUT2D eigenvalue weighted by Crippen LogP contribution is -2.08. The number of hydrogen-bond donors (Lipinski definition) is 0. The Morgan fingerprint density at radius 1 is 1.14 bits per heavy atom. The highest BCUT2D eigenvalue weighted by Gasteiger charge is 2.15. The summed E-state index contributed by atoms with van der Waals surface area (Å²) < 4.78 is 2.39. The molecule has 2 nitrogen and oxygen atoms in total. The summed E-state index contributed by atoms with van der Waals surface area (Å²) in [6.07, 6.45) is 10.3. The summed E-state index contributed by atoms with van der Waals surface area (Å²) in [6.45, 7) is 4.29. The Balaban J connectivity index is 2.16. The highest BCUT2D eigenvalue weighted by molar-refractivity contribution is 5.09. The molecule has 1 saturated carbocycles. The van der Waals surface area contributed by atoms with Gasteiger partial charge in [-0.1, -0.05) is 25.7 Å². The maximum atomic E-state index is 4.38. The Bertz CT molecular complexity index is 293. The third-order valence-corrected chi connectivity index (χ3v) is 3.50. The standard InChI is InChI=1S/C12H20N2/c1-10-11(2)14(9-13-10)12-7-5-3-4-6-8-12/h9,12H,3-8H2,1-2H3. The molecule has 1 aliphatic rings. The van der Waals surface area contributed by atoms with Gasteiger partial charge in [0.2, 0.25) is 0 Å². The first-order valence-corrected chi connectivity index (χ1v) is 5.79. The van der Waals surface area contributed by atoms with Gasteiger partial charge in [0.05, 0.1) is 12.0 Å². The summed E-state index contributed by atoms with van der Waals surface area (Å²) in [6, 6.07) is 0.721. The molecular weight excluding hydrogens is 172 g/mol. The Labute approximate surface area is 86.3 Å². The first-order valence-electron chi connectivity index (χ1n) is 5.79. The quantitative estimate of drug-likeness (QED) is 0.624. The largest absolute Gasteiger partial charge is 0.332 e. The highest BCUT2D eigenvalue weighted by atomic mass is 15.1. The van der Waals surface area contributed by atoms with Gasteiger partial charge in [0.25, 0.3) is 0 Å². The van der Waals surface area contributed by atoms with Gasteiger partial charge in [-0.2, -0.15) is 0 Å². The van der Waals surface area contributed by atoms with Crippen LogP contribution in [0.1, 0.15) is 56.0 Å². The Hall–Kier alpha value is -0.790. The smallest absolute Gasteiger partial charge is 0.0954 e. The van der Waals surface area contributed by atoms with Gasteiger partial charge in [-0.3, -0.25) is 0 Å². The van der Waals surface area contributed by atoms with Gasteiger partial charge in [0, 0.05) is 11.7 Å². The monoisotopic (exact) mass is 192 g/mol. The third kappa shape index (κ3) is 1.84. The van der Waals surface area contributed by atoms with Crippen molar-refractivity contribution < 1.29 is 0 Å². The van der Waals surface area contributed by atoms with E-state index in [1.165, 1.54) is 49.9 Å². The lowest BCUT2D eigenvalue weighted by atomic mass is 10.1. The van der Waals surface area contributed by atoms with Crippen LogP contribution in [0.4, 0.5) is 0 Å². The molecule has 0 spiro atoms. The molecule has 0 unspecified atom stereocenters. The zero-order valence-electron chi connectivity index (χ0n) is 9.29. The van der Waals surface area contributed by atoms with Crippen LogP contribution in [0.25, 0.3) is 0 Å². The predicted octanol–water partition coefficient (Wildman–Crippen LogP) is 3.40. The molecule has 14 heavy (non-hydrogen) atoms. The molecule has 2 rings (SSSR count). The normalized spacial score (nSPS) is 19.6. The van der Waals surface area contributed by atoms with Crippen molar-refractivity contribution in [1.29, 1.82) is 0 Å². The number of nitrogens with zero attached hydrogens (tertiary/aromatic N) is 2. The van der Waals surface area contributed by atoms with Gasteiger partial charge in [-0.15, -0.1) is 0 Å². The first-order chi connectivity index (χ1) is 6.79. The molecule has 1 fully saturated rings. The first kappa shape index (κ1) is 9.75. The van der Waals surface area contributed by atoms with Gasteiger partial charge in [0.1, 0.15) is 0 Å². The van der Waals surface area contributed by atoms with Crippen molar-refractivity contribution in [2.45, 2.75) is 58.4 Å². The van der Waals surface area contributed by atoms with Crippen molar-refractivity contribution in [3.05, 3.63) is 17.7 Å². The van der Waals surface area contributed by atoms with Gasteiger partial charge >= 0.3 is 0 Å². The van der Waals surface area contributed by atoms with Crippen LogP contribution in [0.2, 0.25) is 0 Å². The summed E-state index contributed by atoms with van der Waals surface area (Å²) in [5.41, 5.74) is 2.55. The molecule has 0 N–H and O–H groups in total. The van der Waals surface area contributed by atoms with E-state index in [1.54, 1.807) is 0 Å². The molecule has 1 aromatic heterocycles. The molecule has 78 valence electrons. The second kappa shape index (κ2) is 4.16. The van der Waals surface area contributed by atoms with Crippen LogP contribution < -0.4 is 0 Å². The maximum absolute atomic E-state index is 4.38. The molecule has 0 aromatic carbocycles. The van der Waals surface area contributed by atoms with Crippen LogP contribution in [0.5, 0.6) is 0 Å². The Kier molecular flexibility index (Phi) is 2.90. The van der Waals surface area contributed by atoms with Crippen molar-refractivity contribution in [3.8, 4) is 0 Å². The molecule has 2 heteroatoms. The number of hydrogen-bond acceptors (Lipinski definition) is 1. The summed E-state index contributed by atoms with van der Waals surface area (Å²) in [5.74, 6) is 0. The van der Waals surface area contributed by atoms with Crippen LogP contribution in [-0.2, 0) is 0 Å². The molecule has 0 bridgehead atoms. The lowest BCUT2D eigenvalue weighted by molar-refractivity contribution is 0.436. The van der Waals surface area contributed by atoms with Crippen molar-refractivity contribution in [2.24, 2.45) is 0 Å². The molecule has 0 atom stereocenters. The van der Waals surface area contributed by atoms with Crippen molar-refractivity contribution in [1.82, 2.24) is 9.55 Å². The van der Waals surface area contributed by atoms with E-state index in [4.69, 9.17) is 0 Å². The minimum atomic E-state index is 0.721. The second-order valence-corrected chi connectivity index (χ2v) is 4.47. The topological polar surface area (TPSA) is 17.8 Å². The molecule has 1 aromatic rings. The molecule has 1 heterocycles. The Morgan fingerprint density at radius 3 is 2.29 bits per heavy atom. The number of aryl methyl sites for hydroxylation is 1. The summed E-state index contributed by atoms with van der Waals surface area (Å²) in [7, 11) is 0. The molecule has 0 amide bonds. The van der Waals surface area contributed by atoms with E-state index in [9.17, 15) is 0 Å². The van der Waals surface area contributed by atoms with Crippen molar-refractivity contribution in [3.63, 3.8) is 0 Å². The van der Waals surface area contributed by atoms with Crippen LogP contribution in [0, 0.1) is 13.8 Å². The zero-order chi connectivity index (χ0) is 9.97. The minimum absolute atomic E-state index is 0.721. The van der Waals surface area contributed by atoms with Gasteiger partial charge < -0.3 is 4.57 Å².